The maximum Gasteiger partial charge on any atom is 0.417 e. The van der Waals surface area contributed by atoms with Crippen LogP contribution in [0.25, 0.3) is 11.1 Å². The lowest BCUT2D eigenvalue weighted by molar-refractivity contribution is -0.137. The summed E-state index contributed by atoms with van der Waals surface area (Å²) in [6, 6.07) is 10.3. The Balaban J connectivity index is 2.49. The highest BCUT2D eigenvalue weighted by Crippen LogP contribution is 2.34. The number of aldehydes is 1. The van der Waals surface area contributed by atoms with Gasteiger partial charge in [0.25, 0.3) is 0 Å². The largest absolute Gasteiger partial charge is 0.497 e. The van der Waals surface area contributed by atoms with E-state index in [0.717, 1.165) is 6.07 Å². The Morgan fingerprint density at radius 1 is 1.00 bits per heavy atom. The van der Waals surface area contributed by atoms with Crippen molar-refractivity contribution in [3.63, 3.8) is 0 Å². The maximum absolute atomic E-state index is 12.9. The normalized spacial score (nSPS) is 11.2. The zero-order chi connectivity index (χ0) is 14.8. The van der Waals surface area contributed by atoms with Gasteiger partial charge in [-0.1, -0.05) is 24.3 Å². The number of rotatable bonds is 3. The summed E-state index contributed by atoms with van der Waals surface area (Å²) in [6.45, 7) is 0. The Labute approximate surface area is 113 Å². The van der Waals surface area contributed by atoms with E-state index in [4.69, 9.17) is 4.74 Å². The summed E-state index contributed by atoms with van der Waals surface area (Å²) in [4.78, 5) is 10.7. The lowest BCUT2D eigenvalue weighted by Gasteiger charge is -2.11. The molecule has 2 nitrogen and oxygen atoms in total. The molecule has 0 unspecified atom stereocenters. The van der Waals surface area contributed by atoms with E-state index in [-0.39, 0.29) is 11.8 Å². The quantitative estimate of drug-likeness (QED) is 0.788. The molecule has 0 amide bonds. The van der Waals surface area contributed by atoms with E-state index >= 15 is 0 Å². The van der Waals surface area contributed by atoms with E-state index in [2.05, 4.69) is 0 Å². The van der Waals surface area contributed by atoms with Crippen LogP contribution in [0.4, 0.5) is 13.2 Å². The van der Waals surface area contributed by atoms with Crippen molar-refractivity contribution in [3.05, 3.63) is 53.6 Å². The smallest absolute Gasteiger partial charge is 0.417 e. The zero-order valence-corrected chi connectivity index (χ0v) is 10.6. The minimum Gasteiger partial charge on any atom is -0.497 e. The highest BCUT2D eigenvalue weighted by atomic mass is 19.4. The Morgan fingerprint density at radius 3 is 2.10 bits per heavy atom. The van der Waals surface area contributed by atoms with E-state index in [1.807, 2.05) is 0 Å². The van der Waals surface area contributed by atoms with Crippen LogP contribution in [0.3, 0.4) is 0 Å². The monoisotopic (exact) mass is 280 g/mol. The number of alkyl halides is 3. The molecule has 0 fully saturated rings. The van der Waals surface area contributed by atoms with Crippen LogP contribution in [-0.2, 0) is 6.18 Å². The summed E-state index contributed by atoms with van der Waals surface area (Å²) in [5.74, 6) is 0.620. The highest BCUT2D eigenvalue weighted by molar-refractivity contribution is 5.80. The van der Waals surface area contributed by atoms with Crippen LogP contribution in [0.2, 0.25) is 0 Å². The van der Waals surface area contributed by atoms with Crippen LogP contribution in [0.1, 0.15) is 15.9 Å². The van der Waals surface area contributed by atoms with Gasteiger partial charge in [-0.15, -0.1) is 0 Å². The van der Waals surface area contributed by atoms with Gasteiger partial charge in [0.05, 0.1) is 12.7 Å². The van der Waals surface area contributed by atoms with Gasteiger partial charge < -0.3 is 4.74 Å². The molecule has 0 N–H and O–H groups in total. The molecule has 0 aromatic heterocycles. The minimum absolute atomic E-state index is 0.209. The summed E-state index contributed by atoms with van der Waals surface area (Å²) in [5.41, 5.74) is -0.282. The van der Waals surface area contributed by atoms with Crippen LogP contribution in [0.5, 0.6) is 5.75 Å². The first-order valence-electron chi connectivity index (χ1n) is 5.76. The Kier molecular flexibility index (Phi) is 3.79. The second-order valence-electron chi connectivity index (χ2n) is 4.15. The molecule has 0 aliphatic carbocycles. The number of carbonyl (C=O) groups excluding carboxylic acids is 1. The summed E-state index contributed by atoms with van der Waals surface area (Å²) in [5, 5.41) is 0. The maximum atomic E-state index is 12.9. The van der Waals surface area contributed by atoms with Gasteiger partial charge in [-0.25, -0.2) is 0 Å². The van der Waals surface area contributed by atoms with Crippen molar-refractivity contribution >= 4 is 6.29 Å². The number of benzene rings is 2. The molecule has 0 aliphatic heterocycles. The van der Waals surface area contributed by atoms with E-state index in [1.165, 1.54) is 19.2 Å². The highest BCUT2D eigenvalue weighted by Gasteiger charge is 2.33. The molecular formula is C15H11F3O2. The SMILES string of the molecule is COc1ccc(-c2ccc(C=O)c(C(F)(F)F)c2)cc1. The third-order valence-electron chi connectivity index (χ3n) is 2.91. The number of halogens is 3. The van der Waals surface area contributed by atoms with Crippen molar-refractivity contribution in [1.82, 2.24) is 0 Å². The predicted octanol–water partition coefficient (Wildman–Crippen LogP) is 4.19. The zero-order valence-electron chi connectivity index (χ0n) is 10.6. The molecule has 0 bridgehead atoms. The van der Waals surface area contributed by atoms with Crippen molar-refractivity contribution in [1.29, 1.82) is 0 Å². The average Bonchev–Trinajstić information content (AvgIpc) is 2.46. The van der Waals surface area contributed by atoms with Crippen molar-refractivity contribution in [2.45, 2.75) is 6.18 Å². The molecule has 0 atom stereocenters. The summed E-state index contributed by atoms with van der Waals surface area (Å²) < 4.78 is 43.6. The first kappa shape index (κ1) is 14.1. The van der Waals surface area contributed by atoms with Gasteiger partial charge in [0.15, 0.2) is 6.29 Å². The molecule has 0 saturated heterocycles. The third kappa shape index (κ3) is 2.82. The fourth-order valence-corrected chi connectivity index (χ4v) is 1.87. The average molecular weight is 280 g/mol. The third-order valence-corrected chi connectivity index (χ3v) is 2.91. The van der Waals surface area contributed by atoms with E-state index in [9.17, 15) is 18.0 Å². The number of ether oxygens (including phenoxy) is 1. The summed E-state index contributed by atoms with van der Waals surface area (Å²) >= 11 is 0. The molecule has 0 spiro atoms. The van der Waals surface area contributed by atoms with Crippen molar-refractivity contribution < 1.29 is 22.7 Å². The second kappa shape index (κ2) is 5.36. The van der Waals surface area contributed by atoms with Crippen LogP contribution >= 0.6 is 0 Å². The van der Waals surface area contributed by atoms with Gasteiger partial charge in [0.2, 0.25) is 0 Å². The van der Waals surface area contributed by atoms with Gasteiger partial charge in [-0.05, 0) is 29.3 Å². The summed E-state index contributed by atoms with van der Waals surface area (Å²) in [7, 11) is 1.51. The van der Waals surface area contributed by atoms with Gasteiger partial charge in [0.1, 0.15) is 5.75 Å². The molecule has 0 aliphatic rings. The first-order chi connectivity index (χ1) is 9.45. The molecule has 104 valence electrons. The van der Waals surface area contributed by atoms with E-state index in [0.29, 0.717) is 16.9 Å². The van der Waals surface area contributed by atoms with Gasteiger partial charge >= 0.3 is 6.18 Å². The molecule has 2 rings (SSSR count). The lowest BCUT2D eigenvalue weighted by atomic mass is 9.99. The standard InChI is InChI=1S/C15H11F3O2/c1-20-13-6-4-10(5-7-13)11-2-3-12(9-19)14(8-11)15(16,17)18/h2-9H,1H3. The minimum atomic E-state index is -4.56. The van der Waals surface area contributed by atoms with E-state index in [1.54, 1.807) is 24.3 Å². The van der Waals surface area contributed by atoms with Crippen LogP contribution in [0.15, 0.2) is 42.5 Å². The molecule has 0 radical (unpaired) electrons. The molecular weight excluding hydrogens is 269 g/mol. The van der Waals surface area contributed by atoms with Crippen LogP contribution in [-0.4, -0.2) is 13.4 Å². The topological polar surface area (TPSA) is 26.3 Å². The lowest BCUT2D eigenvalue weighted by Crippen LogP contribution is -2.09. The first-order valence-corrected chi connectivity index (χ1v) is 5.76. The molecule has 2 aromatic rings. The molecule has 0 saturated carbocycles. The van der Waals surface area contributed by atoms with Crippen molar-refractivity contribution in [2.24, 2.45) is 0 Å². The second-order valence-corrected chi connectivity index (χ2v) is 4.15. The van der Waals surface area contributed by atoms with Crippen molar-refractivity contribution in [2.75, 3.05) is 7.11 Å². The Bertz CT molecular complexity index is 616. The molecule has 20 heavy (non-hydrogen) atoms. The number of hydrogen-bond acceptors (Lipinski definition) is 2. The molecule has 5 heteroatoms. The van der Waals surface area contributed by atoms with Crippen LogP contribution < -0.4 is 4.74 Å². The van der Waals surface area contributed by atoms with Crippen LogP contribution in [0, 0.1) is 0 Å². The van der Waals surface area contributed by atoms with E-state index < -0.39 is 11.7 Å². The van der Waals surface area contributed by atoms with Gasteiger partial charge in [0, 0.05) is 5.56 Å². The number of methoxy groups -OCH3 is 1. The molecule has 0 heterocycles. The van der Waals surface area contributed by atoms with Gasteiger partial charge in [-0.3, -0.25) is 4.79 Å². The number of hydrogen-bond donors (Lipinski definition) is 0. The Hall–Kier alpha value is -2.30. The van der Waals surface area contributed by atoms with Crippen molar-refractivity contribution in [3.8, 4) is 16.9 Å². The predicted molar refractivity (Wildman–Crippen MR) is 68.8 cm³/mol. The fourth-order valence-electron chi connectivity index (χ4n) is 1.87. The fraction of sp³-hybridized carbons (Fsp3) is 0.133. The summed E-state index contributed by atoms with van der Waals surface area (Å²) in [6.07, 6.45) is -4.35. The Morgan fingerprint density at radius 2 is 1.60 bits per heavy atom. The van der Waals surface area contributed by atoms with Gasteiger partial charge in [-0.2, -0.15) is 13.2 Å². The number of carbonyl (C=O) groups is 1. The molecule has 2 aromatic carbocycles.